The van der Waals surface area contributed by atoms with Crippen LogP contribution in [-0.4, -0.2) is 60.4 Å². The van der Waals surface area contributed by atoms with E-state index in [2.05, 4.69) is 13.8 Å². The molecule has 1 heterocycles. The molecule has 3 rings (SSSR count). The zero-order chi connectivity index (χ0) is 24.8. The van der Waals surface area contributed by atoms with Gasteiger partial charge in [0.05, 0.1) is 18.2 Å². The fourth-order valence-electron chi connectivity index (χ4n) is 3.96. The Morgan fingerprint density at radius 2 is 1.85 bits per heavy atom. The molecule has 0 aliphatic carbocycles. The van der Waals surface area contributed by atoms with Gasteiger partial charge in [-0.05, 0) is 81.4 Å². The van der Waals surface area contributed by atoms with E-state index >= 15 is 0 Å². The number of halogens is 1. The monoisotopic (exact) mass is 484 g/mol. The van der Waals surface area contributed by atoms with Crippen molar-refractivity contribution in [3.05, 3.63) is 70.3 Å². The van der Waals surface area contributed by atoms with Gasteiger partial charge in [-0.1, -0.05) is 37.6 Å². The lowest BCUT2D eigenvalue weighted by Gasteiger charge is -2.26. The second kappa shape index (κ2) is 11.5. The van der Waals surface area contributed by atoms with Crippen LogP contribution in [0.5, 0.6) is 5.75 Å². The molecule has 6 nitrogen and oxygen atoms in total. The van der Waals surface area contributed by atoms with Crippen molar-refractivity contribution in [1.29, 1.82) is 0 Å². The summed E-state index contributed by atoms with van der Waals surface area (Å²) < 4.78 is 5.92. The van der Waals surface area contributed by atoms with Gasteiger partial charge in [-0.2, -0.15) is 0 Å². The maximum absolute atomic E-state index is 13.1. The molecule has 182 valence electrons. The van der Waals surface area contributed by atoms with Crippen LogP contribution in [0.15, 0.2) is 54.1 Å². The molecular weight excluding hydrogens is 452 g/mol. The summed E-state index contributed by atoms with van der Waals surface area (Å²) in [5, 5.41) is 11.6. The van der Waals surface area contributed by atoms with Gasteiger partial charge in [-0.25, -0.2) is 0 Å². The van der Waals surface area contributed by atoms with Crippen LogP contribution >= 0.6 is 11.6 Å². The SMILES string of the molecule is CC(C)CCOc1cccc(C2/C(=C(\O)c3ccc(Cl)cc3)C(=O)C(=O)N2CCCN(C)C)c1. The zero-order valence-electron chi connectivity index (χ0n) is 20.3. The van der Waals surface area contributed by atoms with E-state index in [1.54, 1.807) is 29.2 Å². The van der Waals surface area contributed by atoms with Gasteiger partial charge in [0.1, 0.15) is 11.5 Å². The number of ketones is 1. The standard InChI is InChI=1S/C27H33ClN2O4/c1-18(2)13-16-34-22-8-5-7-20(17-22)24-23(25(31)19-9-11-21(28)12-10-19)26(32)27(33)30(24)15-6-14-29(3)4/h5,7-12,17-18,24,31H,6,13-16H2,1-4H3/b25-23+. The Bertz CT molecular complexity index is 1050. The third kappa shape index (κ3) is 6.19. The average molecular weight is 485 g/mol. The quantitative estimate of drug-likeness (QED) is 0.287. The maximum atomic E-state index is 13.1. The van der Waals surface area contributed by atoms with Crippen LogP contribution in [0.25, 0.3) is 5.76 Å². The summed E-state index contributed by atoms with van der Waals surface area (Å²) in [5.74, 6) is -0.310. The van der Waals surface area contributed by atoms with Gasteiger partial charge < -0.3 is 19.6 Å². The lowest BCUT2D eigenvalue weighted by Crippen LogP contribution is -2.32. The normalized spacial score (nSPS) is 17.7. The van der Waals surface area contributed by atoms with Crippen molar-refractivity contribution in [3.8, 4) is 5.75 Å². The molecule has 1 aliphatic heterocycles. The van der Waals surface area contributed by atoms with Gasteiger partial charge in [0, 0.05) is 17.1 Å². The fraction of sp³-hybridized carbons (Fsp3) is 0.407. The van der Waals surface area contributed by atoms with Gasteiger partial charge in [-0.15, -0.1) is 0 Å². The smallest absolute Gasteiger partial charge is 0.295 e. The Hall–Kier alpha value is -2.83. The number of nitrogens with zero attached hydrogens (tertiary/aromatic N) is 2. The molecule has 1 fully saturated rings. The molecule has 2 aromatic rings. The number of Topliss-reactive ketones (excluding diaryl/α,β-unsaturated/α-hetero) is 1. The molecular formula is C27H33ClN2O4. The molecule has 2 aromatic carbocycles. The molecule has 0 aromatic heterocycles. The summed E-state index contributed by atoms with van der Waals surface area (Å²) in [7, 11) is 3.92. The molecule has 7 heteroatoms. The van der Waals surface area contributed by atoms with Gasteiger partial charge in [0.2, 0.25) is 0 Å². The Morgan fingerprint density at radius 3 is 2.50 bits per heavy atom. The minimum absolute atomic E-state index is 0.0801. The number of aliphatic hydroxyl groups excluding tert-OH is 1. The van der Waals surface area contributed by atoms with E-state index in [0.29, 0.717) is 41.8 Å². The van der Waals surface area contributed by atoms with E-state index in [-0.39, 0.29) is 11.3 Å². The number of carbonyl (C=O) groups is 2. The number of hydrogen-bond acceptors (Lipinski definition) is 5. The van der Waals surface area contributed by atoms with E-state index in [1.807, 2.05) is 43.3 Å². The van der Waals surface area contributed by atoms with Crippen molar-refractivity contribution >= 4 is 29.1 Å². The molecule has 1 saturated heterocycles. The van der Waals surface area contributed by atoms with Gasteiger partial charge in [0.25, 0.3) is 11.7 Å². The average Bonchev–Trinajstić information content (AvgIpc) is 3.04. The molecule has 34 heavy (non-hydrogen) atoms. The third-order valence-electron chi connectivity index (χ3n) is 5.80. The van der Waals surface area contributed by atoms with E-state index in [4.69, 9.17) is 16.3 Å². The van der Waals surface area contributed by atoms with E-state index in [1.165, 1.54) is 0 Å². The van der Waals surface area contributed by atoms with Crippen molar-refractivity contribution in [2.24, 2.45) is 5.92 Å². The first-order valence-electron chi connectivity index (χ1n) is 11.6. The van der Waals surface area contributed by atoms with Crippen LogP contribution in [-0.2, 0) is 9.59 Å². The highest BCUT2D eigenvalue weighted by molar-refractivity contribution is 6.46. The summed E-state index contributed by atoms with van der Waals surface area (Å²) in [5.41, 5.74) is 1.24. The van der Waals surface area contributed by atoms with E-state index in [0.717, 1.165) is 18.5 Å². The summed E-state index contributed by atoms with van der Waals surface area (Å²) in [4.78, 5) is 29.8. The van der Waals surface area contributed by atoms with Crippen LogP contribution in [0.1, 0.15) is 43.9 Å². The number of likely N-dealkylation sites (tertiary alicyclic amines) is 1. The van der Waals surface area contributed by atoms with Gasteiger partial charge in [0.15, 0.2) is 0 Å². The van der Waals surface area contributed by atoms with Crippen molar-refractivity contribution in [3.63, 3.8) is 0 Å². The summed E-state index contributed by atoms with van der Waals surface area (Å²) in [6, 6.07) is 13.3. The fourth-order valence-corrected chi connectivity index (χ4v) is 4.09. The first-order chi connectivity index (χ1) is 16.2. The highest BCUT2D eigenvalue weighted by Crippen LogP contribution is 2.40. The molecule has 1 aliphatic rings. The Labute approximate surface area is 206 Å². The number of hydrogen-bond donors (Lipinski definition) is 1. The Kier molecular flexibility index (Phi) is 8.75. The first-order valence-corrected chi connectivity index (χ1v) is 12.0. The first kappa shape index (κ1) is 25.8. The Morgan fingerprint density at radius 1 is 1.15 bits per heavy atom. The van der Waals surface area contributed by atoms with Gasteiger partial charge >= 0.3 is 0 Å². The minimum atomic E-state index is -0.702. The highest BCUT2D eigenvalue weighted by Gasteiger charge is 2.45. The number of benzene rings is 2. The summed E-state index contributed by atoms with van der Waals surface area (Å²) in [6.45, 7) is 6.01. The van der Waals surface area contributed by atoms with Crippen molar-refractivity contribution < 1.29 is 19.4 Å². The number of amides is 1. The maximum Gasteiger partial charge on any atom is 0.295 e. The molecule has 1 atom stereocenters. The van der Waals surface area contributed by atoms with Crippen molar-refractivity contribution in [2.75, 3.05) is 33.8 Å². The van der Waals surface area contributed by atoms with Crippen molar-refractivity contribution in [1.82, 2.24) is 9.80 Å². The summed E-state index contributed by atoms with van der Waals surface area (Å²) >= 11 is 5.99. The molecule has 1 amide bonds. The second-order valence-corrected chi connectivity index (χ2v) is 9.70. The highest BCUT2D eigenvalue weighted by atomic mass is 35.5. The molecule has 1 N–H and O–H groups in total. The summed E-state index contributed by atoms with van der Waals surface area (Å²) in [6.07, 6.45) is 1.62. The van der Waals surface area contributed by atoms with Crippen LogP contribution in [0.2, 0.25) is 5.02 Å². The lowest BCUT2D eigenvalue weighted by molar-refractivity contribution is -0.139. The predicted molar refractivity (Wildman–Crippen MR) is 135 cm³/mol. The third-order valence-corrected chi connectivity index (χ3v) is 6.05. The van der Waals surface area contributed by atoms with E-state index < -0.39 is 17.7 Å². The predicted octanol–water partition coefficient (Wildman–Crippen LogP) is 5.14. The molecule has 0 saturated carbocycles. The number of rotatable bonds is 10. The topological polar surface area (TPSA) is 70.1 Å². The molecule has 0 bridgehead atoms. The van der Waals surface area contributed by atoms with Crippen LogP contribution in [0, 0.1) is 5.92 Å². The largest absolute Gasteiger partial charge is 0.507 e. The van der Waals surface area contributed by atoms with Gasteiger partial charge in [-0.3, -0.25) is 9.59 Å². The van der Waals surface area contributed by atoms with Crippen LogP contribution in [0.4, 0.5) is 0 Å². The number of carbonyl (C=O) groups excluding carboxylic acids is 2. The van der Waals surface area contributed by atoms with E-state index in [9.17, 15) is 14.7 Å². The minimum Gasteiger partial charge on any atom is -0.507 e. The zero-order valence-corrected chi connectivity index (χ0v) is 21.0. The lowest BCUT2D eigenvalue weighted by atomic mass is 9.95. The number of aliphatic hydroxyl groups is 1. The molecule has 0 spiro atoms. The Balaban J connectivity index is 2.02. The number of ether oxygens (including phenoxy) is 1. The second-order valence-electron chi connectivity index (χ2n) is 9.26. The van der Waals surface area contributed by atoms with Crippen LogP contribution in [0.3, 0.4) is 0 Å². The molecule has 1 unspecified atom stereocenters. The molecule has 0 radical (unpaired) electrons. The van der Waals surface area contributed by atoms with Crippen molar-refractivity contribution in [2.45, 2.75) is 32.7 Å². The van der Waals surface area contributed by atoms with Crippen LogP contribution < -0.4 is 4.74 Å².